The molecule has 1 aliphatic heterocycles. The molecule has 1 rings (SSSR count). The zero-order valence-electron chi connectivity index (χ0n) is 8.32. The fraction of sp³-hybridized carbons (Fsp3) is 0.889. The first-order valence-electron chi connectivity index (χ1n) is 4.80. The van der Waals surface area contributed by atoms with Gasteiger partial charge >= 0.3 is 6.09 Å². The third kappa shape index (κ3) is 2.34. The van der Waals surface area contributed by atoms with E-state index in [-0.39, 0.29) is 12.1 Å². The van der Waals surface area contributed by atoms with E-state index in [0.717, 1.165) is 13.0 Å². The molecule has 76 valence electrons. The minimum absolute atomic E-state index is 0.118. The minimum Gasteiger partial charge on any atom is -0.449 e. The summed E-state index contributed by atoms with van der Waals surface area (Å²) < 4.78 is 4.95. The topological polar surface area (TPSA) is 55.6 Å². The molecule has 0 bridgehead atoms. The molecular weight excluding hydrogens is 168 g/mol. The van der Waals surface area contributed by atoms with Gasteiger partial charge in [-0.2, -0.15) is 0 Å². The summed E-state index contributed by atoms with van der Waals surface area (Å²) in [6, 6.07) is 0.118. The van der Waals surface area contributed by atoms with Crippen LogP contribution in [-0.4, -0.2) is 36.7 Å². The van der Waals surface area contributed by atoms with Crippen molar-refractivity contribution in [3.8, 4) is 0 Å². The summed E-state index contributed by atoms with van der Waals surface area (Å²) in [7, 11) is 0. The van der Waals surface area contributed by atoms with Crippen molar-refractivity contribution in [1.29, 1.82) is 0 Å². The SMILES string of the molecule is CC(C)C(CN)N1CCCOC1=O. The maximum Gasteiger partial charge on any atom is 0.410 e. The van der Waals surface area contributed by atoms with Gasteiger partial charge in [0.15, 0.2) is 0 Å². The highest BCUT2D eigenvalue weighted by Crippen LogP contribution is 2.14. The van der Waals surface area contributed by atoms with Crippen LogP contribution in [0.1, 0.15) is 20.3 Å². The number of nitrogens with two attached hydrogens (primary N) is 1. The molecule has 1 saturated heterocycles. The van der Waals surface area contributed by atoms with Gasteiger partial charge in [0.05, 0.1) is 6.61 Å². The largest absolute Gasteiger partial charge is 0.449 e. The summed E-state index contributed by atoms with van der Waals surface area (Å²) in [6.45, 7) is 5.97. The van der Waals surface area contributed by atoms with E-state index in [1.807, 2.05) is 0 Å². The van der Waals surface area contributed by atoms with E-state index in [2.05, 4.69) is 13.8 Å². The Labute approximate surface area is 79.0 Å². The monoisotopic (exact) mass is 186 g/mol. The van der Waals surface area contributed by atoms with Crippen LogP contribution in [0.25, 0.3) is 0 Å². The molecule has 4 heteroatoms. The lowest BCUT2D eigenvalue weighted by atomic mass is 10.0. The molecule has 2 N–H and O–H groups in total. The standard InChI is InChI=1S/C9H18N2O2/c1-7(2)8(6-10)11-4-3-5-13-9(11)12/h7-8H,3-6,10H2,1-2H3. The summed E-state index contributed by atoms with van der Waals surface area (Å²) in [4.78, 5) is 13.1. The van der Waals surface area contributed by atoms with Gasteiger partial charge in [0, 0.05) is 19.1 Å². The second-order valence-electron chi connectivity index (χ2n) is 3.71. The van der Waals surface area contributed by atoms with Crippen LogP contribution in [0.2, 0.25) is 0 Å². The lowest BCUT2D eigenvalue weighted by molar-refractivity contribution is 0.0471. The van der Waals surface area contributed by atoms with E-state index in [4.69, 9.17) is 10.5 Å². The van der Waals surface area contributed by atoms with Crippen LogP contribution in [-0.2, 0) is 4.74 Å². The highest BCUT2D eigenvalue weighted by atomic mass is 16.6. The van der Waals surface area contributed by atoms with Gasteiger partial charge in [-0.25, -0.2) is 4.79 Å². The van der Waals surface area contributed by atoms with Crippen LogP contribution in [0.15, 0.2) is 0 Å². The first-order valence-corrected chi connectivity index (χ1v) is 4.80. The lowest BCUT2D eigenvalue weighted by Gasteiger charge is -2.35. The van der Waals surface area contributed by atoms with Crippen LogP contribution in [0, 0.1) is 5.92 Å². The Bertz CT molecular complexity index is 182. The molecule has 0 saturated carbocycles. The van der Waals surface area contributed by atoms with Crippen molar-refractivity contribution in [2.75, 3.05) is 19.7 Å². The van der Waals surface area contributed by atoms with Crippen molar-refractivity contribution in [3.63, 3.8) is 0 Å². The number of hydrogen-bond donors (Lipinski definition) is 1. The Hall–Kier alpha value is -0.770. The van der Waals surface area contributed by atoms with Crippen molar-refractivity contribution in [2.45, 2.75) is 26.3 Å². The van der Waals surface area contributed by atoms with E-state index < -0.39 is 0 Å². The first-order chi connectivity index (χ1) is 6.16. The minimum atomic E-state index is -0.213. The quantitative estimate of drug-likeness (QED) is 0.709. The predicted molar refractivity (Wildman–Crippen MR) is 50.4 cm³/mol. The second kappa shape index (κ2) is 4.46. The summed E-state index contributed by atoms with van der Waals surface area (Å²) >= 11 is 0. The third-order valence-electron chi connectivity index (χ3n) is 2.41. The van der Waals surface area contributed by atoms with Gasteiger partial charge in [-0.15, -0.1) is 0 Å². The van der Waals surface area contributed by atoms with E-state index in [1.54, 1.807) is 4.90 Å². The Kier molecular flexibility index (Phi) is 3.54. The molecule has 13 heavy (non-hydrogen) atoms. The smallest absolute Gasteiger partial charge is 0.410 e. The second-order valence-corrected chi connectivity index (χ2v) is 3.71. The number of carbonyl (C=O) groups is 1. The van der Waals surface area contributed by atoms with Crippen LogP contribution in [0.5, 0.6) is 0 Å². The Morgan fingerprint density at radius 1 is 1.62 bits per heavy atom. The number of nitrogens with zero attached hydrogens (tertiary/aromatic N) is 1. The number of rotatable bonds is 3. The lowest BCUT2D eigenvalue weighted by Crippen LogP contribution is -2.50. The number of hydrogen-bond acceptors (Lipinski definition) is 3. The van der Waals surface area contributed by atoms with Gasteiger partial charge in [0.25, 0.3) is 0 Å². The van der Waals surface area contributed by atoms with E-state index in [1.165, 1.54) is 0 Å². The maximum absolute atomic E-state index is 11.3. The van der Waals surface area contributed by atoms with Crippen LogP contribution < -0.4 is 5.73 Å². The van der Waals surface area contributed by atoms with E-state index >= 15 is 0 Å². The van der Waals surface area contributed by atoms with Crippen molar-refractivity contribution in [2.24, 2.45) is 11.7 Å². The molecule has 0 aromatic carbocycles. The highest BCUT2D eigenvalue weighted by Gasteiger charge is 2.28. The molecule has 0 radical (unpaired) electrons. The summed E-state index contributed by atoms with van der Waals surface area (Å²) in [5.74, 6) is 0.385. The molecule has 0 spiro atoms. The molecule has 1 heterocycles. The maximum atomic E-state index is 11.3. The summed E-state index contributed by atoms with van der Waals surface area (Å²) in [5, 5.41) is 0. The Balaban J connectivity index is 2.60. The Morgan fingerprint density at radius 3 is 2.77 bits per heavy atom. The van der Waals surface area contributed by atoms with Crippen LogP contribution >= 0.6 is 0 Å². The Morgan fingerprint density at radius 2 is 2.31 bits per heavy atom. The zero-order valence-corrected chi connectivity index (χ0v) is 8.32. The third-order valence-corrected chi connectivity index (χ3v) is 2.41. The molecule has 1 amide bonds. The summed E-state index contributed by atoms with van der Waals surface area (Å²) in [6.07, 6.45) is 0.699. The van der Waals surface area contributed by atoms with Gasteiger partial charge in [0.2, 0.25) is 0 Å². The number of ether oxygens (including phenoxy) is 1. The van der Waals surface area contributed by atoms with Gasteiger partial charge in [-0.05, 0) is 12.3 Å². The molecule has 1 atom stereocenters. The summed E-state index contributed by atoms with van der Waals surface area (Å²) in [5.41, 5.74) is 5.62. The zero-order chi connectivity index (χ0) is 9.84. The molecule has 1 aliphatic rings. The molecule has 0 aromatic heterocycles. The first kappa shape index (κ1) is 10.3. The average Bonchev–Trinajstić information content (AvgIpc) is 2.09. The molecule has 1 fully saturated rings. The molecule has 0 aromatic rings. The molecular formula is C9H18N2O2. The molecule has 0 aliphatic carbocycles. The van der Waals surface area contributed by atoms with Crippen molar-refractivity contribution in [1.82, 2.24) is 4.90 Å². The van der Waals surface area contributed by atoms with Gasteiger partial charge in [0.1, 0.15) is 0 Å². The van der Waals surface area contributed by atoms with Crippen molar-refractivity contribution < 1.29 is 9.53 Å². The number of carbonyl (C=O) groups excluding carboxylic acids is 1. The molecule has 4 nitrogen and oxygen atoms in total. The molecule has 1 unspecified atom stereocenters. The van der Waals surface area contributed by atoms with Gasteiger partial charge < -0.3 is 15.4 Å². The fourth-order valence-electron chi connectivity index (χ4n) is 1.63. The van der Waals surface area contributed by atoms with Gasteiger partial charge in [-0.3, -0.25) is 0 Å². The normalized spacial score (nSPS) is 20.3. The van der Waals surface area contributed by atoms with Crippen LogP contribution in [0.4, 0.5) is 4.79 Å². The number of amides is 1. The van der Waals surface area contributed by atoms with Crippen molar-refractivity contribution >= 4 is 6.09 Å². The average molecular weight is 186 g/mol. The fourth-order valence-corrected chi connectivity index (χ4v) is 1.63. The number of cyclic esters (lactones) is 1. The van der Waals surface area contributed by atoms with Crippen LogP contribution in [0.3, 0.4) is 0 Å². The van der Waals surface area contributed by atoms with Crippen molar-refractivity contribution in [3.05, 3.63) is 0 Å². The predicted octanol–water partition coefficient (Wildman–Crippen LogP) is 0.812. The van der Waals surface area contributed by atoms with E-state index in [9.17, 15) is 4.79 Å². The highest BCUT2D eigenvalue weighted by molar-refractivity contribution is 5.68. The van der Waals surface area contributed by atoms with Gasteiger partial charge in [-0.1, -0.05) is 13.8 Å². The van der Waals surface area contributed by atoms with E-state index in [0.29, 0.717) is 19.1 Å².